The van der Waals surface area contributed by atoms with E-state index in [9.17, 15) is 26.7 Å². The Bertz CT molecular complexity index is 538. The van der Waals surface area contributed by atoms with Crippen molar-refractivity contribution in [1.82, 2.24) is 0 Å². The van der Waals surface area contributed by atoms with Crippen LogP contribution >= 0.6 is 0 Å². The zero-order valence-electron chi connectivity index (χ0n) is 9.44. The molecule has 1 rings (SSSR count). The van der Waals surface area contributed by atoms with Crippen LogP contribution in [0.1, 0.15) is 25.0 Å². The number of halogens is 5. The fourth-order valence-corrected chi connectivity index (χ4v) is 1.22. The summed E-state index contributed by atoms with van der Waals surface area (Å²) in [5.74, 6) is -12.2. The average molecular weight is 279 g/mol. The maximum absolute atomic E-state index is 13.3. The van der Waals surface area contributed by atoms with Gasteiger partial charge in [-0.2, -0.15) is 5.26 Å². The number of hydrogen-bond acceptors (Lipinski definition) is 3. The molecular weight excluding hydrogens is 273 g/mol. The fourth-order valence-electron chi connectivity index (χ4n) is 1.22. The molecule has 1 aromatic carbocycles. The number of rotatable bonds is 3. The van der Waals surface area contributed by atoms with Gasteiger partial charge in [0.25, 0.3) is 0 Å². The van der Waals surface area contributed by atoms with Gasteiger partial charge in [0.2, 0.25) is 11.9 Å². The van der Waals surface area contributed by atoms with Crippen molar-refractivity contribution in [3.8, 4) is 6.07 Å². The highest BCUT2D eigenvalue weighted by atomic mass is 19.2. The SMILES string of the molecule is CCC(=O)O[C@H](C#N)c1c(F)c(F)c(F)c(F)c1F. The lowest BCUT2D eigenvalue weighted by molar-refractivity contribution is -0.146. The van der Waals surface area contributed by atoms with Crippen LogP contribution in [-0.4, -0.2) is 5.97 Å². The summed E-state index contributed by atoms with van der Waals surface area (Å²) in [5.41, 5.74) is -1.49. The molecule has 0 aromatic heterocycles. The van der Waals surface area contributed by atoms with Gasteiger partial charge in [-0.1, -0.05) is 6.92 Å². The molecule has 0 radical (unpaired) electrons. The normalized spacial score (nSPS) is 11.8. The predicted octanol–water partition coefficient (Wildman–Crippen LogP) is 2.90. The molecule has 0 saturated heterocycles. The van der Waals surface area contributed by atoms with E-state index in [1.807, 2.05) is 0 Å². The number of hydrogen-bond donors (Lipinski definition) is 0. The molecule has 1 atom stereocenters. The fraction of sp³-hybridized carbons (Fsp3) is 0.273. The Morgan fingerprint density at radius 2 is 1.53 bits per heavy atom. The number of benzene rings is 1. The Morgan fingerprint density at radius 3 is 1.89 bits per heavy atom. The Morgan fingerprint density at radius 1 is 1.11 bits per heavy atom. The van der Waals surface area contributed by atoms with Crippen molar-refractivity contribution in [2.45, 2.75) is 19.4 Å². The molecule has 1 aromatic rings. The Hall–Kier alpha value is -2.17. The molecule has 0 amide bonds. The molecule has 0 aliphatic heterocycles. The van der Waals surface area contributed by atoms with E-state index in [2.05, 4.69) is 4.74 Å². The minimum absolute atomic E-state index is 0.229. The number of carbonyl (C=O) groups excluding carboxylic acids is 1. The monoisotopic (exact) mass is 279 g/mol. The van der Waals surface area contributed by atoms with Gasteiger partial charge in [-0.15, -0.1) is 0 Å². The first-order valence-corrected chi connectivity index (χ1v) is 4.95. The van der Waals surface area contributed by atoms with E-state index >= 15 is 0 Å². The second kappa shape index (κ2) is 5.65. The molecule has 8 heteroatoms. The number of carbonyl (C=O) groups is 1. The van der Waals surface area contributed by atoms with Crippen molar-refractivity contribution in [2.24, 2.45) is 0 Å². The molecule has 0 saturated carbocycles. The molecule has 0 bridgehead atoms. The van der Waals surface area contributed by atoms with E-state index < -0.39 is 46.7 Å². The lowest BCUT2D eigenvalue weighted by atomic mass is 10.1. The van der Waals surface area contributed by atoms with E-state index in [4.69, 9.17) is 5.26 Å². The predicted molar refractivity (Wildman–Crippen MR) is 51.0 cm³/mol. The highest BCUT2D eigenvalue weighted by molar-refractivity contribution is 5.69. The molecular formula is C11H6F5NO2. The van der Waals surface area contributed by atoms with E-state index in [1.54, 1.807) is 0 Å². The van der Waals surface area contributed by atoms with Crippen LogP contribution in [0.5, 0.6) is 0 Å². The van der Waals surface area contributed by atoms with Crippen molar-refractivity contribution >= 4 is 5.97 Å². The topological polar surface area (TPSA) is 50.1 Å². The Balaban J connectivity index is 3.41. The number of nitriles is 1. The molecule has 0 aliphatic carbocycles. The van der Waals surface area contributed by atoms with Gasteiger partial charge in [0.15, 0.2) is 23.3 Å². The maximum Gasteiger partial charge on any atom is 0.307 e. The van der Waals surface area contributed by atoms with Gasteiger partial charge in [-0.25, -0.2) is 22.0 Å². The Labute approximate surface area is 104 Å². The molecule has 3 nitrogen and oxygen atoms in total. The van der Waals surface area contributed by atoms with Gasteiger partial charge in [-0.05, 0) is 0 Å². The second-order valence-electron chi connectivity index (χ2n) is 3.34. The summed E-state index contributed by atoms with van der Waals surface area (Å²) in [5, 5.41) is 8.62. The van der Waals surface area contributed by atoms with Crippen LogP contribution in [0.3, 0.4) is 0 Å². The quantitative estimate of drug-likeness (QED) is 0.370. The van der Waals surface area contributed by atoms with E-state index in [-0.39, 0.29) is 6.42 Å². The molecule has 0 fully saturated rings. The summed E-state index contributed by atoms with van der Waals surface area (Å²) in [6.45, 7) is 1.33. The van der Waals surface area contributed by atoms with Crippen molar-refractivity contribution in [3.63, 3.8) is 0 Å². The third kappa shape index (κ3) is 2.65. The molecule has 0 unspecified atom stereocenters. The van der Waals surface area contributed by atoms with Crippen molar-refractivity contribution in [3.05, 3.63) is 34.6 Å². The van der Waals surface area contributed by atoms with Crippen molar-refractivity contribution in [2.75, 3.05) is 0 Å². The highest BCUT2D eigenvalue weighted by Crippen LogP contribution is 2.29. The van der Waals surface area contributed by atoms with Gasteiger partial charge in [-0.3, -0.25) is 4.79 Å². The van der Waals surface area contributed by atoms with Crippen LogP contribution in [0.25, 0.3) is 0 Å². The van der Waals surface area contributed by atoms with Crippen molar-refractivity contribution in [1.29, 1.82) is 5.26 Å². The average Bonchev–Trinajstić information content (AvgIpc) is 2.41. The summed E-state index contributed by atoms with van der Waals surface area (Å²) in [7, 11) is 0. The van der Waals surface area contributed by atoms with Crippen LogP contribution in [0.4, 0.5) is 22.0 Å². The third-order valence-electron chi connectivity index (χ3n) is 2.16. The van der Waals surface area contributed by atoms with Crippen LogP contribution in [0.15, 0.2) is 0 Å². The summed E-state index contributed by atoms with van der Waals surface area (Å²) < 4.78 is 69.6. The molecule has 0 heterocycles. The molecule has 19 heavy (non-hydrogen) atoms. The van der Waals surface area contributed by atoms with Crippen molar-refractivity contribution < 1.29 is 31.5 Å². The highest BCUT2D eigenvalue weighted by Gasteiger charge is 2.32. The van der Waals surface area contributed by atoms with Crippen LogP contribution in [0, 0.1) is 40.4 Å². The number of ether oxygens (including phenoxy) is 1. The van der Waals surface area contributed by atoms with Gasteiger partial charge in [0.1, 0.15) is 6.07 Å². The summed E-state index contributed by atoms with van der Waals surface area (Å²) in [6, 6.07) is 1.16. The van der Waals surface area contributed by atoms with Crippen LogP contribution < -0.4 is 0 Å². The van der Waals surface area contributed by atoms with Gasteiger partial charge in [0, 0.05) is 6.42 Å². The Kier molecular flexibility index (Phi) is 4.43. The minimum atomic E-state index is -2.35. The van der Waals surface area contributed by atoms with Gasteiger partial charge < -0.3 is 4.74 Å². The molecule has 0 N–H and O–H groups in total. The molecule has 102 valence electrons. The number of esters is 1. The zero-order chi connectivity index (χ0) is 14.7. The maximum atomic E-state index is 13.3. The summed E-state index contributed by atoms with van der Waals surface area (Å²) >= 11 is 0. The van der Waals surface area contributed by atoms with Gasteiger partial charge in [0.05, 0.1) is 5.56 Å². The van der Waals surface area contributed by atoms with Gasteiger partial charge >= 0.3 is 5.97 Å². The first-order chi connectivity index (χ1) is 8.84. The largest absolute Gasteiger partial charge is 0.442 e. The third-order valence-corrected chi connectivity index (χ3v) is 2.16. The van der Waals surface area contributed by atoms with Crippen LogP contribution in [0.2, 0.25) is 0 Å². The van der Waals surface area contributed by atoms with E-state index in [1.165, 1.54) is 6.92 Å². The zero-order valence-corrected chi connectivity index (χ0v) is 9.44. The lowest BCUT2D eigenvalue weighted by Gasteiger charge is -2.13. The lowest BCUT2D eigenvalue weighted by Crippen LogP contribution is -2.15. The minimum Gasteiger partial charge on any atom is -0.442 e. The first-order valence-electron chi connectivity index (χ1n) is 4.95. The molecule has 0 aliphatic rings. The second-order valence-corrected chi connectivity index (χ2v) is 3.34. The first kappa shape index (κ1) is 14.9. The summed E-state index contributed by atoms with van der Waals surface area (Å²) in [4.78, 5) is 10.9. The summed E-state index contributed by atoms with van der Waals surface area (Å²) in [6.07, 6.45) is -2.44. The van der Waals surface area contributed by atoms with E-state index in [0.717, 1.165) is 6.07 Å². The smallest absolute Gasteiger partial charge is 0.307 e. The standard InChI is InChI=1S/C11H6F5NO2/c1-2-5(18)19-4(3-17)6-7(12)9(14)11(16)10(15)8(6)13/h4H,2H2,1H3/t4-/m1/s1. The molecule has 0 spiro atoms. The van der Waals surface area contributed by atoms with E-state index in [0.29, 0.717) is 0 Å². The van der Waals surface area contributed by atoms with Crippen LogP contribution in [-0.2, 0) is 9.53 Å². The number of nitrogens with zero attached hydrogens (tertiary/aromatic N) is 1.